The van der Waals surface area contributed by atoms with Gasteiger partial charge in [-0.2, -0.15) is 0 Å². The second-order valence-corrected chi connectivity index (χ2v) is 6.30. The molecule has 0 amide bonds. The first-order valence-corrected chi connectivity index (χ1v) is 8.39. The van der Waals surface area contributed by atoms with E-state index in [9.17, 15) is 24.6 Å². The monoisotopic (exact) mass is 379 g/mol. The molecule has 7 nitrogen and oxygen atoms in total. The maximum Gasteiger partial charge on any atom is 0.335 e. The zero-order valence-electron chi connectivity index (χ0n) is 14.6. The van der Waals surface area contributed by atoms with Crippen molar-refractivity contribution in [2.75, 3.05) is 0 Å². The largest absolute Gasteiger partial charge is 0.478 e. The first-order valence-electron chi connectivity index (χ1n) is 8.39. The molecule has 7 heteroatoms. The van der Waals surface area contributed by atoms with Crippen molar-refractivity contribution in [3.05, 3.63) is 94.7 Å². The van der Waals surface area contributed by atoms with Gasteiger partial charge < -0.3 is 20.2 Å². The molecule has 1 aliphatic rings. The summed E-state index contributed by atoms with van der Waals surface area (Å²) >= 11 is 0. The highest BCUT2D eigenvalue weighted by Crippen LogP contribution is 2.28. The topological polar surface area (TPSA) is 115 Å². The molecule has 3 rings (SSSR count). The van der Waals surface area contributed by atoms with Gasteiger partial charge in [-0.05, 0) is 47.5 Å². The van der Waals surface area contributed by atoms with Crippen LogP contribution in [0.15, 0.2) is 66.9 Å². The van der Waals surface area contributed by atoms with E-state index in [-0.39, 0.29) is 29.3 Å². The van der Waals surface area contributed by atoms with Gasteiger partial charge in [0.15, 0.2) is 0 Å². The molecule has 0 bridgehead atoms. The summed E-state index contributed by atoms with van der Waals surface area (Å²) in [5.74, 6) is -3.40. The van der Waals surface area contributed by atoms with Crippen LogP contribution in [0.2, 0.25) is 0 Å². The second kappa shape index (κ2) is 7.79. The van der Waals surface area contributed by atoms with Crippen LogP contribution >= 0.6 is 0 Å². The van der Waals surface area contributed by atoms with E-state index >= 15 is 0 Å². The quantitative estimate of drug-likeness (QED) is 0.704. The summed E-state index contributed by atoms with van der Waals surface area (Å²) in [6.07, 6.45) is 7.43. The fourth-order valence-corrected chi connectivity index (χ4v) is 3.05. The Balaban J connectivity index is 1.90. The van der Waals surface area contributed by atoms with Crippen LogP contribution in [0.5, 0.6) is 0 Å². The summed E-state index contributed by atoms with van der Waals surface area (Å²) in [7, 11) is 0. The zero-order chi connectivity index (χ0) is 20.3. The normalized spacial score (nSPS) is 15.4. The fraction of sp³-hybridized carbons (Fsp3) is 0.0952. The van der Waals surface area contributed by atoms with Crippen LogP contribution in [0.25, 0.3) is 0 Å². The van der Waals surface area contributed by atoms with Crippen LogP contribution in [0.3, 0.4) is 0 Å². The third-order valence-corrected chi connectivity index (χ3v) is 4.39. The van der Waals surface area contributed by atoms with E-state index in [1.54, 1.807) is 12.1 Å². The van der Waals surface area contributed by atoms with Crippen molar-refractivity contribution in [3.63, 3.8) is 0 Å². The molecule has 0 aliphatic carbocycles. The lowest BCUT2D eigenvalue weighted by Gasteiger charge is -2.31. The average molecular weight is 379 g/mol. The van der Waals surface area contributed by atoms with Crippen LogP contribution in [-0.2, 0) is 6.54 Å². The number of hydrogen-bond donors (Lipinski definition) is 3. The third kappa shape index (κ3) is 4.09. The molecule has 1 heterocycles. The number of nitrogens with zero attached hydrogens (tertiary/aromatic N) is 1. The van der Waals surface area contributed by atoms with Gasteiger partial charge in [-0.1, -0.05) is 24.3 Å². The summed E-state index contributed by atoms with van der Waals surface area (Å²) in [6, 6.07) is 10.3. The minimum atomic E-state index is -1.20. The molecule has 1 atom stereocenters. The number of carbonyl (C=O) groups is 3. The molecular formula is C21H17NO6. The van der Waals surface area contributed by atoms with Crippen molar-refractivity contribution in [3.8, 4) is 0 Å². The number of allylic oxidation sites excluding steroid dienone is 2. The number of aromatic carboxylic acids is 3. The Morgan fingerprint density at radius 2 is 1.36 bits per heavy atom. The van der Waals surface area contributed by atoms with E-state index in [1.165, 1.54) is 24.3 Å². The highest BCUT2D eigenvalue weighted by molar-refractivity contribution is 5.94. The van der Waals surface area contributed by atoms with Gasteiger partial charge in [0.2, 0.25) is 0 Å². The maximum atomic E-state index is 11.3. The smallest absolute Gasteiger partial charge is 0.335 e. The van der Waals surface area contributed by atoms with Crippen molar-refractivity contribution in [2.24, 2.45) is 0 Å². The minimum Gasteiger partial charge on any atom is -0.478 e. The molecule has 142 valence electrons. The van der Waals surface area contributed by atoms with Crippen molar-refractivity contribution in [2.45, 2.75) is 12.6 Å². The molecule has 2 aromatic rings. The molecule has 2 aromatic carbocycles. The molecule has 0 aromatic heterocycles. The molecule has 1 aliphatic heterocycles. The molecule has 0 fully saturated rings. The van der Waals surface area contributed by atoms with Crippen LogP contribution in [0.4, 0.5) is 0 Å². The van der Waals surface area contributed by atoms with Crippen molar-refractivity contribution in [1.29, 1.82) is 0 Å². The molecule has 0 radical (unpaired) electrons. The summed E-state index contributed by atoms with van der Waals surface area (Å²) in [6.45, 7) is 0.285. The van der Waals surface area contributed by atoms with E-state index in [4.69, 9.17) is 5.11 Å². The number of carboxylic acids is 3. The Morgan fingerprint density at radius 1 is 0.786 bits per heavy atom. The van der Waals surface area contributed by atoms with Gasteiger partial charge in [-0.3, -0.25) is 0 Å². The summed E-state index contributed by atoms with van der Waals surface area (Å²) in [5.41, 5.74) is 1.41. The third-order valence-electron chi connectivity index (χ3n) is 4.39. The zero-order valence-corrected chi connectivity index (χ0v) is 14.6. The van der Waals surface area contributed by atoms with E-state index in [1.807, 2.05) is 29.3 Å². The number of rotatable bonds is 6. The Bertz CT molecular complexity index is 958. The SMILES string of the molecule is O=C(O)c1ccc(C2C=CC=CN2Cc2cc(C(=O)O)cc(C(=O)O)c2)cc1. The summed E-state index contributed by atoms with van der Waals surface area (Å²) in [5, 5.41) is 27.5. The fourth-order valence-electron chi connectivity index (χ4n) is 3.05. The van der Waals surface area contributed by atoms with E-state index in [2.05, 4.69) is 0 Å². The predicted octanol–water partition coefficient (Wildman–Crippen LogP) is 3.41. The molecular weight excluding hydrogens is 362 g/mol. The van der Waals surface area contributed by atoms with Gasteiger partial charge in [-0.25, -0.2) is 14.4 Å². The minimum absolute atomic E-state index is 0.0891. The van der Waals surface area contributed by atoms with Gasteiger partial charge in [0.05, 0.1) is 22.7 Å². The van der Waals surface area contributed by atoms with Gasteiger partial charge >= 0.3 is 17.9 Å². The lowest BCUT2D eigenvalue weighted by molar-refractivity contribution is 0.0682. The maximum absolute atomic E-state index is 11.3. The average Bonchev–Trinajstić information content (AvgIpc) is 2.68. The lowest BCUT2D eigenvalue weighted by atomic mass is 9.99. The van der Waals surface area contributed by atoms with Crippen LogP contribution in [0.1, 0.15) is 48.2 Å². The van der Waals surface area contributed by atoms with Gasteiger partial charge in [0.1, 0.15) is 0 Å². The molecule has 28 heavy (non-hydrogen) atoms. The Labute approximate surface area is 160 Å². The Morgan fingerprint density at radius 3 is 1.89 bits per heavy atom. The molecule has 0 saturated carbocycles. The lowest BCUT2D eigenvalue weighted by Crippen LogP contribution is -2.24. The van der Waals surface area contributed by atoms with Crippen molar-refractivity contribution in [1.82, 2.24) is 4.90 Å². The summed E-state index contributed by atoms with van der Waals surface area (Å²) < 4.78 is 0. The molecule has 0 saturated heterocycles. The van der Waals surface area contributed by atoms with E-state index < -0.39 is 17.9 Å². The highest BCUT2D eigenvalue weighted by atomic mass is 16.4. The number of hydrogen-bond acceptors (Lipinski definition) is 4. The van der Waals surface area contributed by atoms with Gasteiger partial charge in [-0.15, -0.1) is 0 Å². The number of benzene rings is 2. The highest BCUT2D eigenvalue weighted by Gasteiger charge is 2.19. The van der Waals surface area contributed by atoms with Gasteiger partial charge in [0, 0.05) is 12.7 Å². The Kier molecular flexibility index (Phi) is 5.26. The Hall–Kier alpha value is -3.87. The molecule has 3 N–H and O–H groups in total. The molecule has 1 unspecified atom stereocenters. The summed E-state index contributed by atoms with van der Waals surface area (Å²) in [4.78, 5) is 35.6. The second-order valence-electron chi connectivity index (χ2n) is 6.30. The van der Waals surface area contributed by atoms with Crippen LogP contribution in [0, 0.1) is 0 Å². The van der Waals surface area contributed by atoms with Crippen molar-refractivity contribution < 1.29 is 29.7 Å². The van der Waals surface area contributed by atoms with E-state index in [0.29, 0.717) is 5.56 Å². The standard InChI is InChI=1S/C21H17NO6/c23-19(24)15-6-4-14(5-7-15)18-3-1-2-8-22(18)12-13-9-16(20(25)26)11-17(10-13)21(27)28/h1-11,18H,12H2,(H,23,24)(H,25,26)(H,27,28). The number of carboxylic acid groups (broad SMARTS) is 3. The van der Waals surface area contributed by atoms with E-state index in [0.717, 1.165) is 11.6 Å². The van der Waals surface area contributed by atoms with Crippen molar-refractivity contribution >= 4 is 17.9 Å². The van der Waals surface area contributed by atoms with Crippen LogP contribution in [-0.4, -0.2) is 38.1 Å². The predicted molar refractivity (Wildman–Crippen MR) is 100 cm³/mol. The first-order chi connectivity index (χ1) is 13.3. The van der Waals surface area contributed by atoms with Crippen LogP contribution < -0.4 is 0 Å². The van der Waals surface area contributed by atoms with Gasteiger partial charge in [0.25, 0.3) is 0 Å². The first kappa shape index (κ1) is 18.9. The molecule has 0 spiro atoms.